The molecule has 3 aromatic rings. The molecule has 16 N–H and O–H groups in total. The number of carboxylic acids is 2. The zero-order valence-electron chi connectivity index (χ0n) is 44.8. The highest BCUT2D eigenvalue weighted by atomic mass is 16.4. The maximum Gasteiger partial charge on any atom is 0.326 e. The minimum Gasteiger partial charge on any atom is -0.481 e. The third-order valence-corrected chi connectivity index (χ3v) is 14.3. The summed E-state index contributed by atoms with van der Waals surface area (Å²) >= 11 is 0. The second-order valence-electron chi connectivity index (χ2n) is 20.9. The second-order valence-corrected chi connectivity index (χ2v) is 20.9. The fourth-order valence-electron chi connectivity index (χ4n) is 9.87. The number of rotatable bonds is 15. The van der Waals surface area contributed by atoms with Gasteiger partial charge in [0.15, 0.2) is 5.96 Å². The number of imidazole rings is 1. The molecule has 10 atom stereocenters. The predicted molar refractivity (Wildman–Crippen MR) is 282 cm³/mol. The summed E-state index contributed by atoms with van der Waals surface area (Å²) < 4.78 is 1.51. The number of fused-ring (bicyclic) bond motifs is 13. The standard InChI is InChI=1S/C51H71N15O13/c1-7-24(6)40-48(76)63-39(23(4)5)47(75)61-33-17-28-27-11-10-25(38(22(2)3)41(49(77)64-40)65-44(72)30-12-13-35(67)57-30)15-31(27)59-42(28)66-20-26(56-21-66)16-32(45(73)62-34(50(78)79)18-37(69)70)58-36(68)19-55-43(71)29(60-46(33)74)9-8-14-54-51(52)53/h10-11,15,20-24,29-30,32-34,38-41,59H,7-9,12-14,16-19H2,1-6H3,(H,55,71)(H,57,67)(H,58,68)(H,60,74)(H,61,75)(H,62,73)(H,63,76)(H,64,77)(H,65,72)(H,69,70)(H,78,79)(H4,52,53,54). The molecule has 0 saturated carbocycles. The molecular weight excluding hydrogens is 1030 g/mol. The summed E-state index contributed by atoms with van der Waals surface area (Å²) in [5.41, 5.74) is 12.6. The molecule has 4 aliphatic heterocycles. The van der Waals surface area contributed by atoms with E-state index in [-0.39, 0.29) is 67.9 Å². The molecule has 6 heterocycles. The number of nitrogens with two attached hydrogens (primary N) is 2. The molecule has 428 valence electrons. The van der Waals surface area contributed by atoms with Crippen LogP contribution in [-0.2, 0) is 65.6 Å². The Morgan fingerprint density at radius 2 is 1.51 bits per heavy atom. The number of guanidine groups is 1. The number of aliphatic carboxylic acids is 2. The number of aliphatic imine (C=N–C) groups is 1. The Hall–Kier alpha value is -8.59. The Labute approximate surface area is 453 Å². The number of H-pyrrole nitrogens is 1. The first-order valence-corrected chi connectivity index (χ1v) is 26.2. The quantitative estimate of drug-likeness (QED) is 0.0319. The molecule has 28 nitrogen and oxygen atoms in total. The molecular formula is C51H71N15O13. The van der Waals surface area contributed by atoms with E-state index in [9.17, 15) is 63.0 Å². The summed E-state index contributed by atoms with van der Waals surface area (Å²) in [5, 5.41) is 43.4. The van der Waals surface area contributed by atoms with Crippen LogP contribution < -0.4 is 59.3 Å². The normalized spacial score (nSPS) is 24.2. The number of nitrogens with one attached hydrogen (secondary N) is 10. The number of amides is 9. The lowest BCUT2D eigenvalue weighted by atomic mass is 9.81. The Bertz CT molecular complexity index is 2870. The van der Waals surface area contributed by atoms with Gasteiger partial charge in [-0.3, -0.25) is 57.5 Å². The van der Waals surface area contributed by atoms with E-state index in [1.54, 1.807) is 39.0 Å². The van der Waals surface area contributed by atoms with Crippen LogP contribution in [0.2, 0.25) is 0 Å². The van der Waals surface area contributed by atoms with E-state index in [0.717, 1.165) is 0 Å². The molecule has 10 unspecified atom stereocenters. The van der Waals surface area contributed by atoms with Crippen molar-refractivity contribution in [1.82, 2.24) is 62.4 Å². The highest BCUT2D eigenvalue weighted by Gasteiger charge is 2.41. The monoisotopic (exact) mass is 1100 g/mol. The summed E-state index contributed by atoms with van der Waals surface area (Å²) in [7, 11) is 0. The Morgan fingerprint density at radius 1 is 0.810 bits per heavy atom. The summed E-state index contributed by atoms with van der Waals surface area (Å²) in [6.07, 6.45) is 1.82. The summed E-state index contributed by atoms with van der Waals surface area (Å²) in [4.78, 5) is 162. The van der Waals surface area contributed by atoms with Crippen LogP contribution in [0.25, 0.3) is 16.7 Å². The van der Waals surface area contributed by atoms with E-state index in [4.69, 9.17) is 11.5 Å². The number of benzene rings is 1. The first-order valence-electron chi connectivity index (χ1n) is 26.2. The summed E-state index contributed by atoms with van der Waals surface area (Å²) in [5.74, 6) is -12.5. The maximum atomic E-state index is 15.0. The highest BCUT2D eigenvalue weighted by molar-refractivity contribution is 6.00. The van der Waals surface area contributed by atoms with Crippen molar-refractivity contribution < 1.29 is 63.0 Å². The van der Waals surface area contributed by atoms with E-state index < -0.39 is 145 Å². The van der Waals surface area contributed by atoms with Crippen molar-refractivity contribution in [3.63, 3.8) is 0 Å². The molecule has 2 aromatic heterocycles. The van der Waals surface area contributed by atoms with E-state index in [2.05, 4.69) is 62.8 Å². The molecule has 7 rings (SSSR count). The van der Waals surface area contributed by atoms with Crippen LogP contribution in [0.4, 0.5) is 0 Å². The Morgan fingerprint density at radius 3 is 2.14 bits per heavy atom. The molecule has 1 aromatic carbocycles. The fourth-order valence-corrected chi connectivity index (χ4v) is 9.87. The van der Waals surface area contributed by atoms with E-state index in [1.807, 2.05) is 20.8 Å². The van der Waals surface area contributed by atoms with E-state index >= 15 is 0 Å². The minimum absolute atomic E-state index is 0.0173. The largest absolute Gasteiger partial charge is 0.481 e. The van der Waals surface area contributed by atoms with Gasteiger partial charge in [-0.15, -0.1) is 0 Å². The van der Waals surface area contributed by atoms with Crippen LogP contribution in [0.5, 0.6) is 0 Å². The summed E-state index contributed by atoms with van der Waals surface area (Å²) in [6.45, 7) is 9.84. The van der Waals surface area contributed by atoms with E-state index in [1.165, 1.54) is 17.1 Å². The first kappa shape index (κ1) is 59.7. The lowest BCUT2D eigenvalue weighted by Crippen LogP contribution is -2.62. The van der Waals surface area contributed by atoms with Crippen LogP contribution in [-0.4, -0.2) is 157 Å². The minimum atomic E-state index is -1.90. The van der Waals surface area contributed by atoms with Crippen LogP contribution >= 0.6 is 0 Å². The van der Waals surface area contributed by atoms with Crippen LogP contribution in [0.15, 0.2) is 35.7 Å². The number of aromatic amines is 1. The molecule has 28 heteroatoms. The lowest BCUT2D eigenvalue weighted by molar-refractivity contribution is -0.147. The molecule has 79 heavy (non-hydrogen) atoms. The molecule has 0 aliphatic carbocycles. The highest BCUT2D eigenvalue weighted by Crippen LogP contribution is 2.35. The van der Waals surface area contributed by atoms with Crippen molar-refractivity contribution in [2.75, 3.05) is 13.1 Å². The van der Waals surface area contributed by atoms with Crippen molar-refractivity contribution in [2.45, 2.75) is 147 Å². The van der Waals surface area contributed by atoms with Gasteiger partial charge in [0.05, 0.1) is 18.7 Å². The van der Waals surface area contributed by atoms with Crippen molar-refractivity contribution in [2.24, 2.45) is 34.2 Å². The molecule has 7 bridgehead atoms. The molecule has 0 spiro atoms. The predicted octanol–water partition coefficient (Wildman–Crippen LogP) is -2.69. The third-order valence-electron chi connectivity index (χ3n) is 14.3. The van der Waals surface area contributed by atoms with Gasteiger partial charge in [0, 0.05) is 54.4 Å². The lowest BCUT2D eigenvalue weighted by Gasteiger charge is -2.34. The average Bonchev–Trinajstić information content (AvgIpc) is 4.31. The van der Waals surface area contributed by atoms with Crippen molar-refractivity contribution in [3.8, 4) is 5.82 Å². The second kappa shape index (κ2) is 26.2. The third kappa shape index (κ3) is 15.1. The van der Waals surface area contributed by atoms with Gasteiger partial charge in [0.1, 0.15) is 60.5 Å². The van der Waals surface area contributed by atoms with Crippen LogP contribution in [0.3, 0.4) is 0 Å². The molecule has 1 saturated heterocycles. The zero-order valence-corrected chi connectivity index (χ0v) is 44.8. The van der Waals surface area contributed by atoms with Crippen LogP contribution in [0.1, 0.15) is 103 Å². The van der Waals surface area contributed by atoms with Gasteiger partial charge in [-0.2, -0.15) is 0 Å². The van der Waals surface area contributed by atoms with Gasteiger partial charge in [0.25, 0.3) is 0 Å². The Balaban J connectivity index is 1.58. The van der Waals surface area contributed by atoms with Gasteiger partial charge in [-0.25, -0.2) is 9.78 Å². The molecule has 1 fully saturated rings. The number of nitrogens with zero attached hydrogens (tertiary/aromatic N) is 3. The number of carbonyl (C=O) groups excluding carboxylic acids is 9. The SMILES string of the molecule is CCC(C)C1NC(=O)C(NC(=O)C2CCC(=O)N2)C(C(C)C)c2ccc3c4c([nH]c3c2)-n2cnc(c2)CC(C(=O)NC(CC(=O)O)C(=O)O)NC(=O)CNC(=O)C(CCCN=C(N)N)NC(=O)C(C4)NC(=O)C(C(C)C)NC1=O. The van der Waals surface area contributed by atoms with Crippen LogP contribution in [0, 0.1) is 17.8 Å². The average molecular weight is 1100 g/mol. The maximum absolute atomic E-state index is 15.0. The number of carbonyl (C=O) groups is 11. The Kier molecular flexibility index (Phi) is 19.8. The molecule has 0 radical (unpaired) electrons. The van der Waals surface area contributed by atoms with Gasteiger partial charge >= 0.3 is 11.9 Å². The number of hydrogen-bond donors (Lipinski definition) is 14. The number of carboxylic acid groups (broad SMARTS) is 2. The van der Waals surface area contributed by atoms with Gasteiger partial charge in [-0.05, 0) is 48.6 Å². The van der Waals surface area contributed by atoms with E-state index in [0.29, 0.717) is 28.5 Å². The zero-order chi connectivity index (χ0) is 58.0. The fraction of sp³-hybridized carbons (Fsp3) is 0.549. The summed E-state index contributed by atoms with van der Waals surface area (Å²) in [6, 6.07) is -6.04. The van der Waals surface area contributed by atoms with Crippen molar-refractivity contribution in [1.29, 1.82) is 0 Å². The van der Waals surface area contributed by atoms with Gasteiger partial charge in [-0.1, -0.05) is 60.1 Å². The molecule has 4 aliphatic rings. The smallest absolute Gasteiger partial charge is 0.326 e. The molecule has 9 amide bonds. The van der Waals surface area contributed by atoms with Gasteiger partial charge < -0.3 is 74.5 Å². The van der Waals surface area contributed by atoms with Crippen molar-refractivity contribution in [3.05, 3.63) is 47.5 Å². The topological polar surface area (TPSA) is 435 Å². The number of hydrogen-bond acceptors (Lipinski definition) is 13. The number of aromatic nitrogens is 3. The van der Waals surface area contributed by atoms with Crippen molar-refractivity contribution >= 4 is 82.0 Å². The van der Waals surface area contributed by atoms with Gasteiger partial charge in [0.2, 0.25) is 53.2 Å². The first-order chi connectivity index (χ1) is 37.3.